The Kier molecular flexibility index (Phi) is 12.8. The van der Waals surface area contributed by atoms with Gasteiger partial charge < -0.3 is 25.3 Å². The van der Waals surface area contributed by atoms with Crippen molar-refractivity contribution in [1.29, 1.82) is 0 Å². The number of likely N-dealkylation sites (tertiary alicyclic amines) is 1. The predicted octanol–water partition coefficient (Wildman–Crippen LogP) is 10.8. The first-order valence-corrected chi connectivity index (χ1v) is 23.9. The molecule has 10 heteroatoms. The van der Waals surface area contributed by atoms with Crippen LogP contribution in [0.2, 0.25) is 0 Å². The number of hydrogen-bond acceptors (Lipinski definition) is 7. The molecule has 1 saturated heterocycles. The summed E-state index contributed by atoms with van der Waals surface area (Å²) in [6.45, 7) is 18.2. The quantitative estimate of drug-likeness (QED) is 0.187. The second-order valence-electron chi connectivity index (χ2n) is 21.8. The maximum atomic E-state index is 14.2. The molecule has 2 aromatic carbocycles. The van der Waals surface area contributed by atoms with Gasteiger partial charge in [-0.3, -0.25) is 9.59 Å². The van der Waals surface area contributed by atoms with Crippen LogP contribution in [0.1, 0.15) is 130 Å². The number of aliphatic hydroxyl groups excluding tert-OH is 1. The third-order valence-corrected chi connectivity index (χ3v) is 19.1. The van der Waals surface area contributed by atoms with Crippen LogP contribution in [0.4, 0.5) is 0 Å². The fourth-order valence-electron chi connectivity index (χ4n) is 13.8. The molecule has 0 amide bonds. The van der Waals surface area contributed by atoms with Crippen molar-refractivity contribution in [1.82, 2.24) is 4.90 Å². The molecule has 340 valence electrons. The van der Waals surface area contributed by atoms with Crippen LogP contribution >= 0.6 is 11.8 Å². The summed E-state index contributed by atoms with van der Waals surface area (Å²) in [7, 11) is 2.22. The Morgan fingerprint density at radius 2 is 1.30 bits per heavy atom. The minimum atomic E-state index is -1.26. The second kappa shape index (κ2) is 17.1. The molecular weight excluding hydrogens is 811 g/mol. The highest BCUT2D eigenvalue weighted by Gasteiger charge is 2.70. The lowest BCUT2D eigenvalue weighted by Crippen LogP contribution is -2.66. The molecule has 5 aliphatic carbocycles. The highest BCUT2D eigenvalue weighted by atomic mass is 32.2. The number of hydrogen-bond donors (Lipinski definition) is 4. The van der Waals surface area contributed by atoms with E-state index in [1.807, 2.05) is 24.8 Å². The van der Waals surface area contributed by atoms with Gasteiger partial charge in [0.1, 0.15) is 0 Å². The first kappa shape index (κ1) is 47.0. The number of piperidine rings is 1. The number of carboxylic acids is 3. The average Bonchev–Trinajstić information content (AvgIpc) is 3.23. The Hall–Kier alpha value is -3.99. The number of fused-ring (bicyclic) bond motifs is 9. The number of carbonyl (C=O) groups is 4. The van der Waals surface area contributed by atoms with Gasteiger partial charge in [-0.1, -0.05) is 101 Å². The summed E-state index contributed by atoms with van der Waals surface area (Å²) in [5.41, 5.74) is 6.14. The number of allylic oxidation sites excluding steroid dienone is 2. The minimum absolute atomic E-state index is 0.0296. The molecule has 2 heterocycles. The molecule has 5 fully saturated rings. The van der Waals surface area contributed by atoms with Crippen LogP contribution in [-0.2, 0) is 19.2 Å². The number of aliphatic carboxylic acids is 3. The van der Waals surface area contributed by atoms with Crippen molar-refractivity contribution >= 4 is 41.0 Å². The average molecular weight is 880 g/mol. The number of carbonyl (C=O) groups excluding carboxylic acids is 1. The van der Waals surface area contributed by atoms with E-state index in [2.05, 4.69) is 102 Å². The topological polar surface area (TPSA) is 152 Å². The van der Waals surface area contributed by atoms with Crippen molar-refractivity contribution in [3.05, 3.63) is 89.0 Å². The van der Waals surface area contributed by atoms with Crippen LogP contribution in [0.25, 0.3) is 5.57 Å². The second-order valence-corrected chi connectivity index (χ2v) is 22.9. The summed E-state index contributed by atoms with van der Waals surface area (Å²) >= 11 is 1.91. The van der Waals surface area contributed by atoms with E-state index in [4.69, 9.17) is 10.2 Å². The molecule has 9 rings (SSSR count). The van der Waals surface area contributed by atoms with Crippen LogP contribution in [0.5, 0.6) is 0 Å². The summed E-state index contributed by atoms with van der Waals surface area (Å²) in [5.74, 6) is -2.45. The molecule has 63 heavy (non-hydrogen) atoms. The molecular formula is C53H69NO8S. The Morgan fingerprint density at radius 3 is 1.86 bits per heavy atom. The maximum Gasteiger partial charge on any atom is 0.328 e. The first-order chi connectivity index (χ1) is 29.5. The molecule has 9 unspecified atom stereocenters. The van der Waals surface area contributed by atoms with Crippen LogP contribution in [0.3, 0.4) is 0 Å². The third-order valence-electron chi connectivity index (χ3n) is 17.9. The molecule has 2 aliphatic heterocycles. The molecule has 9 atom stereocenters. The maximum absolute atomic E-state index is 14.2. The molecule has 4 saturated carbocycles. The normalized spacial score (nSPS) is 36.5. The lowest BCUT2D eigenvalue weighted by atomic mass is 9.33. The lowest BCUT2D eigenvalue weighted by molar-refractivity contribution is -0.202. The molecule has 0 aromatic heterocycles. The van der Waals surface area contributed by atoms with Gasteiger partial charge in [-0.25, -0.2) is 9.59 Å². The summed E-state index contributed by atoms with van der Waals surface area (Å²) < 4.78 is 0. The van der Waals surface area contributed by atoms with Gasteiger partial charge in [0.25, 0.3) is 0 Å². The van der Waals surface area contributed by atoms with Gasteiger partial charge >= 0.3 is 17.9 Å². The molecule has 0 radical (unpaired) electrons. The zero-order valence-electron chi connectivity index (χ0n) is 38.6. The van der Waals surface area contributed by atoms with Crippen LogP contribution in [0.15, 0.2) is 87.7 Å². The number of rotatable bonds is 3. The monoisotopic (exact) mass is 879 g/mol. The summed E-state index contributed by atoms with van der Waals surface area (Å²) in [6.07, 6.45) is 13.5. The van der Waals surface area contributed by atoms with E-state index >= 15 is 0 Å². The van der Waals surface area contributed by atoms with Crippen molar-refractivity contribution < 1.29 is 39.6 Å². The Bertz CT molecular complexity index is 2190. The number of carboxylic acid groups (broad SMARTS) is 3. The fraction of sp³-hybridized carbons (Fsp3) is 0.585. The fourth-order valence-corrected chi connectivity index (χ4v) is 14.9. The SMILES string of the molecule is CC1(C(=O)O)CCC2(C)CCC3(C)C(=CC(=O)C4C5(C)CCC(O)C(C)(C)C5CCC43C)C2C1.CN1CCC(=C2c3ccccc3Sc3ccccc32)CC1.O=C(O)C=CC(=O)O. The van der Waals surface area contributed by atoms with E-state index in [1.165, 1.54) is 58.0 Å². The number of nitrogens with zero attached hydrogens (tertiary/aromatic N) is 1. The minimum Gasteiger partial charge on any atom is -0.481 e. The van der Waals surface area contributed by atoms with E-state index in [0.29, 0.717) is 24.5 Å². The molecule has 9 nitrogen and oxygen atoms in total. The first-order valence-electron chi connectivity index (χ1n) is 23.1. The van der Waals surface area contributed by atoms with E-state index in [9.17, 15) is 29.4 Å². The van der Waals surface area contributed by atoms with Crippen molar-refractivity contribution in [2.45, 2.75) is 135 Å². The highest BCUT2D eigenvalue weighted by molar-refractivity contribution is 7.99. The van der Waals surface area contributed by atoms with Crippen molar-refractivity contribution in [3.63, 3.8) is 0 Å². The number of benzene rings is 2. The summed E-state index contributed by atoms with van der Waals surface area (Å²) in [4.78, 5) is 50.8. The van der Waals surface area contributed by atoms with Gasteiger partial charge in [-0.2, -0.15) is 0 Å². The summed E-state index contributed by atoms with van der Waals surface area (Å²) in [6, 6.07) is 17.7. The van der Waals surface area contributed by atoms with Crippen LogP contribution in [0, 0.1) is 50.2 Å². The van der Waals surface area contributed by atoms with Crippen molar-refractivity contribution in [2.75, 3.05) is 20.1 Å². The zero-order chi connectivity index (χ0) is 45.9. The van der Waals surface area contributed by atoms with E-state index < -0.39 is 23.3 Å². The predicted molar refractivity (Wildman–Crippen MR) is 247 cm³/mol. The molecule has 2 aromatic rings. The largest absolute Gasteiger partial charge is 0.481 e. The Morgan fingerprint density at radius 1 is 0.746 bits per heavy atom. The molecule has 0 spiro atoms. The van der Waals surface area contributed by atoms with Gasteiger partial charge in [-0.05, 0) is 158 Å². The molecule has 0 bridgehead atoms. The van der Waals surface area contributed by atoms with E-state index in [1.54, 1.807) is 5.57 Å². The van der Waals surface area contributed by atoms with Gasteiger partial charge in [0.2, 0.25) is 0 Å². The van der Waals surface area contributed by atoms with E-state index in [0.717, 1.165) is 51.4 Å². The number of ketones is 1. The van der Waals surface area contributed by atoms with Gasteiger partial charge in [0, 0.05) is 41.0 Å². The summed E-state index contributed by atoms with van der Waals surface area (Å²) in [5, 5.41) is 36.5. The highest BCUT2D eigenvalue weighted by Crippen LogP contribution is 2.75. The Labute approximate surface area is 378 Å². The standard InChI is InChI=1S/C30H46O4.C19H19NS.C4H4O4/c1-25(2)21-8-11-30(7)23(28(21,5)10-9-22(25)32)20(31)16-18-19-17-27(4,24(33)34)13-12-26(19,3)14-15-29(18,30)6;1-20-12-10-14(11-13-20)19-15-6-2-4-8-17(15)21-18-9-5-3-7-16(18)19;5-3(6)1-2-4(7)8/h16,19,21-23,32H,8-15,17H2,1-7H3,(H,33,34);2-9H,10-13H2,1H3;1-2H,(H,5,6)(H,7,8). The number of aliphatic hydroxyl groups is 1. The van der Waals surface area contributed by atoms with Crippen molar-refractivity contribution in [2.24, 2.45) is 50.2 Å². The van der Waals surface area contributed by atoms with Gasteiger partial charge in [0.05, 0.1) is 11.5 Å². The van der Waals surface area contributed by atoms with Gasteiger partial charge in [0.15, 0.2) is 5.78 Å². The molecule has 4 N–H and O–H groups in total. The smallest absolute Gasteiger partial charge is 0.328 e. The third kappa shape index (κ3) is 8.20. The molecule has 7 aliphatic rings. The van der Waals surface area contributed by atoms with Crippen molar-refractivity contribution in [3.8, 4) is 0 Å². The van der Waals surface area contributed by atoms with E-state index in [-0.39, 0.29) is 50.8 Å². The lowest BCUT2D eigenvalue weighted by Gasteiger charge is -2.70. The van der Waals surface area contributed by atoms with Crippen LogP contribution in [-0.4, -0.2) is 75.3 Å². The van der Waals surface area contributed by atoms with Crippen LogP contribution < -0.4 is 0 Å². The zero-order valence-corrected chi connectivity index (χ0v) is 39.4. The van der Waals surface area contributed by atoms with Gasteiger partial charge in [-0.15, -0.1) is 0 Å². The Balaban J connectivity index is 0.000000173.